The Kier molecular flexibility index (Phi) is 4.21. The van der Waals surface area contributed by atoms with Crippen LogP contribution in [0.5, 0.6) is 0 Å². The lowest BCUT2D eigenvalue weighted by atomic mass is 10.6. The van der Waals surface area contributed by atoms with E-state index in [1.165, 1.54) is 0 Å². The topological polar surface area (TPSA) is 43.8 Å². The van der Waals surface area contributed by atoms with E-state index in [1.54, 1.807) is 0 Å². The third kappa shape index (κ3) is 2.58. The lowest BCUT2D eigenvalue weighted by Crippen LogP contribution is -2.21. The van der Waals surface area contributed by atoms with Crippen molar-refractivity contribution in [3.05, 3.63) is 16.6 Å². The van der Waals surface area contributed by atoms with E-state index in [0.29, 0.717) is 0 Å². The maximum Gasteiger partial charge on any atom is 0.490 e. The third-order valence-corrected chi connectivity index (χ3v) is 1.79. The van der Waals surface area contributed by atoms with Crippen LogP contribution in [0.2, 0.25) is 0 Å². The molecule has 8 heteroatoms. The lowest BCUT2D eigenvalue weighted by Gasteiger charge is -2.10. The van der Waals surface area contributed by atoms with Gasteiger partial charge in [-0.2, -0.15) is 0 Å². The van der Waals surface area contributed by atoms with Crippen LogP contribution in [0, 0.1) is 0 Å². The van der Waals surface area contributed by atoms with E-state index >= 15 is 0 Å². The molecule has 1 rings (SSSR count). The van der Waals surface area contributed by atoms with Crippen molar-refractivity contribution in [2.24, 2.45) is 5.73 Å². The Morgan fingerprint density at radius 1 is 1.54 bits per heavy atom. The summed E-state index contributed by atoms with van der Waals surface area (Å²) in [6.45, 7) is -0.245. The highest BCUT2D eigenvalue weighted by atomic mass is 79.9. The third-order valence-electron chi connectivity index (χ3n) is 1.23. The number of aromatic nitrogens is 2. The number of rotatable bonds is 1. The fourth-order valence-corrected chi connectivity index (χ4v) is 1.29. The van der Waals surface area contributed by atoms with Gasteiger partial charge in [0.25, 0.3) is 0 Å². The first-order chi connectivity index (χ1) is 5.46. The van der Waals surface area contributed by atoms with Crippen LogP contribution in [-0.4, -0.2) is 9.55 Å². The molecule has 0 saturated heterocycles. The molecule has 0 amide bonds. The predicted octanol–water partition coefficient (Wildman–Crippen LogP) is 2.00. The Bertz CT molecular complexity index is 285. The Morgan fingerprint density at radius 3 is 2.38 bits per heavy atom. The van der Waals surface area contributed by atoms with Crippen molar-refractivity contribution < 1.29 is 13.2 Å². The summed E-state index contributed by atoms with van der Waals surface area (Å²) >= 11 is 2.72. The Labute approximate surface area is 86.7 Å². The summed E-state index contributed by atoms with van der Waals surface area (Å²) in [7, 11) is 0. The van der Waals surface area contributed by atoms with Crippen LogP contribution >= 0.6 is 28.3 Å². The molecule has 0 aliphatic heterocycles. The molecule has 2 N–H and O–H groups in total. The van der Waals surface area contributed by atoms with Gasteiger partial charge in [0, 0.05) is 0 Å². The monoisotopic (exact) mass is 279 g/mol. The highest BCUT2D eigenvalue weighted by molar-refractivity contribution is 9.10. The van der Waals surface area contributed by atoms with Gasteiger partial charge in [0.05, 0.1) is 12.7 Å². The second-order valence-corrected chi connectivity index (χ2v) is 2.82. The molecule has 0 aliphatic carbocycles. The standard InChI is InChI=1S/C5H5BrF3N3.ClH/c6-3-2-11-4(1-10)12(3)5(7,8)9;/h2H,1,10H2;1H. The second kappa shape index (κ2) is 4.30. The first-order valence-corrected chi connectivity index (χ1v) is 3.75. The molecule has 0 atom stereocenters. The molecule has 1 heterocycles. The van der Waals surface area contributed by atoms with E-state index in [0.717, 1.165) is 6.20 Å². The Balaban J connectivity index is 0.00000144. The summed E-state index contributed by atoms with van der Waals surface area (Å²) in [6, 6.07) is 0. The minimum atomic E-state index is -4.47. The van der Waals surface area contributed by atoms with Gasteiger partial charge in [-0.05, 0) is 15.9 Å². The fourth-order valence-electron chi connectivity index (χ4n) is 0.778. The van der Waals surface area contributed by atoms with Crippen LogP contribution in [0.15, 0.2) is 10.8 Å². The molecule has 1 aromatic rings. The summed E-state index contributed by atoms with van der Waals surface area (Å²) in [6.07, 6.45) is -3.40. The molecule has 0 fully saturated rings. The van der Waals surface area contributed by atoms with Gasteiger partial charge in [-0.25, -0.2) is 9.55 Å². The summed E-state index contributed by atoms with van der Waals surface area (Å²) in [5.74, 6) is -0.214. The van der Waals surface area contributed by atoms with Gasteiger partial charge in [-0.1, -0.05) is 0 Å². The molecule has 0 radical (unpaired) electrons. The first-order valence-electron chi connectivity index (χ1n) is 2.96. The van der Waals surface area contributed by atoms with Crippen molar-refractivity contribution in [1.82, 2.24) is 9.55 Å². The minimum Gasteiger partial charge on any atom is -0.324 e. The van der Waals surface area contributed by atoms with Gasteiger partial charge < -0.3 is 5.73 Å². The van der Waals surface area contributed by atoms with E-state index in [2.05, 4.69) is 20.9 Å². The highest BCUT2D eigenvalue weighted by Crippen LogP contribution is 2.28. The fraction of sp³-hybridized carbons (Fsp3) is 0.400. The zero-order valence-electron chi connectivity index (χ0n) is 6.18. The molecule has 76 valence electrons. The van der Waals surface area contributed by atoms with Gasteiger partial charge in [-0.15, -0.1) is 25.6 Å². The quantitative estimate of drug-likeness (QED) is 0.855. The number of hydrogen-bond acceptors (Lipinski definition) is 2. The SMILES string of the molecule is Cl.NCc1ncc(Br)n1C(F)(F)F. The number of alkyl halides is 3. The van der Waals surface area contributed by atoms with Gasteiger partial charge in [-0.3, -0.25) is 0 Å². The number of nitrogens with zero attached hydrogens (tertiary/aromatic N) is 2. The van der Waals surface area contributed by atoms with E-state index in [4.69, 9.17) is 5.73 Å². The van der Waals surface area contributed by atoms with Crippen LogP contribution in [-0.2, 0) is 12.8 Å². The number of imidazole rings is 1. The number of hydrogen-bond donors (Lipinski definition) is 1. The molecule has 13 heavy (non-hydrogen) atoms. The van der Waals surface area contributed by atoms with Crippen molar-refractivity contribution >= 4 is 28.3 Å². The van der Waals surface area contributed by atoms with Crippen LogP contribution in [0.3, 0.4) is 0 Å². The van der Waals surface area contributed by atoms with Crippen LogP contribution in [0.25, 0.3) is 0 Å². The van der Waals surface area contributed by atoms with Gasteiger partial charge >= 0.3 is 6.30 Å². The van der Waals surface area contributed by atoms with E-state index in [-0.39, 0.29) is 33.9 Å². The Hall–Kier alpha value is -0.270. The second-order valence-electron chi connectivity index (χ2n) is 2.00. The summed E-state index contributed by atoms with van der Waals surface area (Å²) in [5, 5.41) is 0. The molecule has 0 spiro atoms. The van der Waals surface area contributed by atoms with Gasteiger partial charge in [0.15, 0.2) is 0 Å². The summed E-state index contributed by atoms with van der Waals surface area (Å²) in [4.78, 5) is 3.47. The van der Waals surface area contributed by atoms with Crippen molar-refractivity contribution in [3.63, 3.8) is 0 Å². The van der Waals surface area contributed by atoms with Gasteiger partial charge in [0.1, 0.15) is 10.4 Å². The van der Waals surface area contributed by atoms with Crippen molar-refractivity contribution in [2.45, 2.75) is 12.8 Å². The maximum atomic E-state index is 12.2. The van der Waals surface area contributed by atoms with E-state index in [9.17, 15) is 13.2 Å². The average Bonchev–Trinajstić information content (AvgIpc) is 2.29. The molecule has 1 aromatic heterocycles. The largest absolute Gasteiger partial charge is 0.490 e. The van der Waals surface area contributed by atoms with Crippen LogP contribution < -0.4 is 5.73 Å². The average molecular weight is 280 g/mol. The molecular weight excluding hydrogens is 274 g/mol. The lowest BCUT2D eigenvalue weighted by molar-refractivity contribution is -0.206. The predicted molar refractivity (Wildman–Crippen MR) is 46.4 cm³/mol. The molecule has 0 aromatic carbocycles. The summed E-state index contributed by atoms with van der Waals surface area (Å²) in [5.41, 5.74) is 5.06. The van der Waals surface area contributed by atoms with Crippen molar-refractivity contribution in [2.75, 3.05) is 0 Å². The molecule has 0 unspecified atom stereocenters. The normalized spacial score (nSPS) is 11.2. The summed E-state index contributed by atoms with van der Waals surface area (Å²) < 4.78 is 36.4. The van der Waals surface area contributed by atoms with Crippen molar-refractivity contribution in [3.8, 4) is 0 Å². The molecule has 0 aliphatic rings. The minimum absolute atomic E-state index is 0. The van der Waals surface area contributed by atoms with Crippen LogP contribution in [0.4, 0.5) is 13.2 Å². The zero-order valence-corrected chi connectivity index (χ0v) is 8.58. The smallest absolute Gasteiger partial charge is 0.324 e. The first kappa shape index (κ1) is 12.7. The maximum absolute atomic E-state index is 12.2. The van der Waals surface area contributed by atoms with Crippen molar-refractivity contribution in [1.29, 1.82) is 0 Å². The number of halogens is 5. The highest BCUT2D eigenvalue weighted by Gasteiger charge is 2.34. The molecule has 0 bridgehead atoms. The molecule has 3 nitrogen and oxygen atoms in total. The van der Waals surface area contributed by atoms with E-state index < -0.39 is 6.30 Å². The number of nitrogens with two attached hydrogens (primary N) is 1. The van der Waals surface area contributed by atoms with E-state index in [1.807, 2.05) is 0 Å². The van der Waals surface area contributed by atoms with Gasteiger partial charge in [0.2, 0.25) is 0 Å². The Morgan fingerprint density at radius 2 is 2.08 bits per heavy atom. The molecule has 0 saturated carbocycles. The molecular formula is C5H6BrClF3N3. The van der Waals surface area contributed by atoms with Crippen LogP contribution in [0.1, 0.15) is 5.82 Å². The zero-order chi connectivity index (χ0) is 9.35.